The van der Waals surface area contributed by atoms with Crippen LogP contribution in [0.2, 0.25) is 0 Å². The van der Waals surface area contributed by atoms with Crippen LogP contribution in [0.15, 0.2) is 29.5 Å². The first-order valence-corrected chi connectivity index (χ1v) is 8.19. The quantitative estimate of drug-likeness (QED) is 0.556. The second-order valence-electron chi connectivity index (χ2n) is 5.68. The first-order valence-electron chi connectivity index (χ1n) is 7.78. The van der Waals surface area contributed by atoms with E-state index in [1.54, 1.807) is 32.9 Å². The maximum absolute atomic E-state index is 12.5. The van der Waals surface area contributed by atoms with E-state index < -0.39 is 12.0 Å². The summed E-state index contributed by atoms with van der Waals surface area (Å²) in [6.07, 6.45) is -0.230. The molecule has 2 rings (SSSR count). The van der Waals surface area contributed by atoms with Crippen molar-refractivity contribution >= 4 is 23.3 Å². The van der Waals surface area contributed by atoms with Crippen molar-refractivity contribution in [1.82, 2.24) is 10.6 Å². The van der Waals surface area contributed by atoms with Crippen LogP contribution in [-0.2, 0) is 9.53 Å². The van der Waals surface area contributed by atoms with Crippen LogP contribution in [0.4, 0.5) is 0 Å². The number of allylic oxidation sites excluding steroid dienone is 1. The van der Waals surface area contributed by atoms with E-state index >= 15 is 0 Å². The molecule has 1 aromatic carbocycles. The van der Waals surface area contributed by atoms with Gasteiger partial charge in [-0.15, -0.1) is 0 Å². The SMILES string of the molecule is CCOc1cc([C@H]2NC(=S)NC(C)=C2C(=O)OC(C)C)ccc1O. The van der Waals surface area contributed by atoms with Crippen LogP contribution in [0.1, 0.15) is 39.3 Å². The second kappa shape index (κ2) is 7.53. The van der Waals surface area contributed by atoms with Crippen molar-refractivity contribution in [2.45, 2.75) is 39.8 Å². The van der Waals surface area contributed by atoms with E-state index in [0.29, 0.717) is 28.7 Å². The first-order chi connectivity index (χ1) is 11.3. The van der Waals surface area contributed by atoms with Gasteiger partial charge in [-0.25, -0.2) is 4.79 Å². The number of hydrogen-bond donors (Lipinski definition) is 3. The fourth-order valence-corrected chi connectivity index (χ4v) is 2.74. The Balaban J connectivity index is 2.45. The molecule has 0 fully saturated rings. The molecule has 0 spiro atoms. The number of phenols is 1. The van der Waals surface area contributed by atoms with Crippen molar-refractivity contribution in [1.29, 1.82) is 0 Å². The lowest BCUT2D eigenvalue weighted by Crippen LogP contribution is -2.45. The molecule has 24 heavy (non-hydrogen) atoms. The number of aromatic hydroxyl groups is 1. The molecule has 1 aliphatic rings. The Bertz CT molecular complexity index is 685. The van der Waals surface area contributed by atoms with Gasteiger partial charge in [-0.1, -0.05) is 6.07 Å². The molecule has 3 N–H and O–H groups in total. The van der Waals surface area contributed by atoms with Crippen LogP contribution in [0.5, 0.6) is 11.5 Å². The van der Waals surface area contributed by atoms with Gasteiger partial charge in [-0.2, -0.15) is 0 Å². The number of thiocarbonyl (C=S) groups is 1. The number of ether oxygens (including phenoxy) is 2. The van der Waals surface area contributed by atoms with E-state index in [9.17, 15) is 9.90 Å². The van der Waals surface area contributed by atoms with E-state index in [1.807, 2.05) is 6.92 Å². The van der Waals surface area contributed by atoms with E-state index in [1.165, 1.54) is 6.07 Å². The molecular weight excluding hydrogens is 328 g/mol. The van der Waals surface area contributed by atoms with Gasteiger partial charge < -0.3 is 25.2 Å². The summed E-state index contributed by atoms with van der Waals surface area (Å²) < 4.78 is 10.8. The van der Waals surface area contributed by atoms with Gasteiger partial charge >= 0.3 is 5.97 Å². The lowest BCUT2D eigenvalue weighted by atomic mass is 9.95. The van der Waals surface area contributed by atoms with Crippen molar-refractivity contribution in [2.24, 2.45) is 0 Å². The standard InChI is InChI=1S/C17H22N2O4S/c1-5-22-13-8-11(6-7-12(13)20)15-14(16(21)23-9(2)3)10(4)18-17(24)19-15/h6-9,15,20H,5H2,1-4H3,(H2,18,19,24)/t15-/m1/s1. The van der Waals surface area contributed by atoms with Crippen LogP contribution in [-0.4, -0.2) is 28.9 Å². The maximum Gasteiger partial charge on any atom is 0.338 e. The highest BCUT2D eigenvalue weighted by Crippen LogP contribution is 2.34. The third kappa shape index (κ3) is 3.97. The number of rotatable bonds is 5. The monoisotopic (exact) mass is 350 g/mol. The third-order valence-corrected chi connectivity index (χ3v) is 3.67. The summed E-state index contributed by atoms with van der Waals surface area (Å²) in [7, 11) is 0. The highest BCUT2D eigenvalue weighted by Gasteiger charge is 2.31. The summed E-state index contributed by atoms with van der Waals surface area (Å²) in [6, 6.07) is 4.47. The van der Waals surface area contributed by atoms with E-state index in [-0.39, 0.29) is 11.9 Å². The van der Waals surface area contributed by atoms with E-state index in [0.717, 1.165) is 5.56 Å². The summed E-state index contributed by atoms with van der Waals surface area (Å²) in [6.45, 7) is 7.63. The van der Waals surface area contributed by atoms with Crippen molar-refractivity contribution < 1.29 is 19.4 Å². The van der Waals surface area contributed by atoms with Gasteiger partial charge in [0.25, 0.3) is 0 Å². The maximum atomic E-state index is 12.5. The minimum absolute atomic E-state index is 0.0455. The Morgan fingerprint density at radius 1 is 1.42 bits per heavy atom. The summed E-state index contributed by atoms with van der Waals surface area (Å²) >= 11 is 5.21. The molecular formula is C17H22N2O4S. The number of esters is 1. The lowest BCUT2D eigenvalue weighted by molar-refractivity contribution is -0.143. The molecule has 6 nitrogen and oxygen atoms in total. The number of benzene rings is 1. The van der Waals surface area contributed by atoms with Crippen LogP contribution in [0.3, 0.4) is 0 Å². The molecule has 0 aliphatic carbocycles. The molecule has 1 aromatic rings. The Morgan fingerprint density at radius 3 is 2.75 bits per heavy atom. The van der Waals surface area contributed by atoms with Crippen LogP contribution in [0, 0.1) is 0 Å². The van der Waals surface area contributed by atoms with E-state index in [4.69, 9.17) is 21.7 Å². The minimum Gasteiger partial charge on any atom is -0.504 e. The van der Waals surface area contributed by atoms with E-state index in [2.05, 4.69) is 10.6 Å². The van der Waals surface area contributed by atoms with Gasteiger partial charge in [0.1, 0.15) is 0 Å². The zero-order valence-corrected chi connectivity index (χ0v) is 15.0. The van der Waals surface area contributed by atoms with Crippen molar-refractivity contribution in [3.05, 3.63) is 35.0 Å². The second-order valence-corrected chi connectivity index (χ2v) is 6.09. The van der Waals surface area contributed by atoms with Crippen LogP contribution < -0.4 is 15.4 Å². The molecule has 130 valence electrons. The summed E-state index contributed by atoms with van der Waals surface area (Å²) in [5, 5.41) is 16.3. The fourth-order valence-electron chi connectivity index (χ4n) is 2.47. The van der Waals surface area contributed by atoms with Gasteiger partial charge in [0.05, 0.1) is 24.3 Å². The van der Waals surface area contributed by atoms with Gasteiger partial charge in [-0.3, -0.25) is 0 Å². The Kier molecular flexibility index (Phi) is 5.66. The molecule has 1 atom stereocenters. The molecule has 0 saturated carbocycles. The largest absolute Gasteiger partial charge is 0.504 e. The highest BCUT2D eigenvalue weighted by atomic mass is 32.1. The first kappa shape index (κ1) is 18.1. The predicted octanol–water partition coefficient (Wildman–Crippen LogP) is 2.54. The van der Waals surface area contributed by atoms with Gasteiger partial charge in [0.2, 0.25) is 0 Å². The van der Waals surface area contributed by atoms with Crippen LogP contribution >= 0.6 is 12.2 Å². The Morgan fingerprint density at radius 2 is 2.12 bits per heavy atom. The van der Waals surface area contributed by atoms with Crippen molar-refractivity contribution in [3.8, 4) is 11.5 Å². The molecule has 0 saturated heterocycles. The average molecular weight is 350 g/mol. The van der Waals surface area contributed by atoms with Gasteiger partial charge in [-0.05, 0) is 57.6 Å². The average Bonchev–Trinajstić information content (AvgIpc) is 2.48. The van der Waals surface area contributed by atoms with Crippen LogP contribution in [0.25, 0.3) is 0 Å². The molecule has 0 bridgehead atoms. The summed E-state index contributed by atoms with van der Waals surface area (Å²) in [5.41, 5.74) is 1.83. The number of carbonyl (C=O) groups is 1. The Hall–Kier alpha value is -2.28. The number of hydrogen-bond acceptors (Lipinski definition) is 5. The van der Waals surface area contributed by atoms with Gasteiger partial charge in [0.15, 0.2) is 16.6 Å². The zero-order chi connectivity index (χ0) is 17.9. The number of nitrogens with one attached hydrogen (secondary N) is 2. The molecule has 1 aliphatic heterocycles. The van der Waals surface area contributed by atoms with Gasteiger partial charge in [0, 0.05) is 5.70 Å². The number of phenolic OH excluding ortho intramolecular Hbond substituents is 1. The molecule has 0 radical (unpaired) electrons. The fraction of sp³-hybridized carbons (Fsp3) is 0.412. The Labute approximate surface area is 146 Å². The predicted molar refractivity (Wildman–Crippen MR) is 94.8 cm³/mol. The minimum atomic E-state index is -0.482. The zero-order valence-electron chi connectivity index (χ0n) is 14.2. The molecule has 1 heterocycles. The van der Waals surface area contributed by atoms with Crippen molar-refractivity contribution in [3.63, 3.8) is 0 Å². The summed E-state index contributed by atoms with van der Waals surface area (Å²) in [4.78, 5) is 12.5. The highest BCUT2D eigenvalue weighted by molar-refractivity contribution is 7.80. The molecule has 0 unspecified atom stereocenters. The molecule has 7 heteroatoms. The topological polar surface area (TPSA) is 79.8 Å². The smallest absolute Gasteiger partial charge is 0.338 e. The summed E-state index contributed by atoms with van der Waals surface area (Å²) in [5.74, 6) is -0.0133. The normalized spacial score (nSPS) is 17.4. The third-order valence-electron chi connectivity index (χ3n) is 3.45. The lowest BCUT2D eigenvalue weighted by Gasteiger charge is -2.30. The molecule has 0 amide bonds. The molecule has 0 aromatic heterocycles. The van der Waals surface area contributed by atoms with Crippen molar-refractivity contribution in [2.75, 3.05) is 6.61 Å². The number of carbonyl (C=O) groups excluding carboxylic acids is 1.